The van der Waals surface area contributed by atoms with Crippen molar-refractivity contribution in [2.75, 3.05) is 12.8 Å². The standard InChI is InChI=1S/C13H16N2OS/c1-13(2,11-8-17-12(14)15-11)9-5-4-6-10(7-9)16-3/h4-8H,1-3H3,(H2,14,15). The van der Waals surface area contributed by atoms with E-state index in [2.05, 4.69) is 24.9 Å². The lowest BCUT2D eigenvalue weighted by molar-refractivity contribution is 0.413. The molecule has 4 heteroatoms. The highest BCUT2D eigenvalue weighted by Gasteiger charge is 2.26. The zero-order valence-corrected chi connectivity index (χ0v) is 11.0. The molecule has 2 N–H and O–H groups in total. The van der Waals surface area contributed by atoms with Gasteiger partial charge in [0.05, 0.1) is 12.8 Å². The number of rotatable bonds is 3. The topological polar surface area (TPSA) is 48.1 Å². The molecule has 2 rings (SSSR count). The van der Waals surface area contributed by atoms with Crippen molar-refractivity contribution in [1.29, 1.82) is 0 Å². The van der Waals surface area contributed by atoms with Gasteiger partial charge in [0, 0.05) is 10.8 Å². The van der Waals surface area contributed by atoms with Crippen LogP contribution in [0.5, 0.6) is 5.75 Å². The molecule has 0 spiro atoms. The van der Waals surface area contributed by atoms with Gasteiger partial charge in [-0.2, -0.15) is 0 Å². The van der Waals surface area contributed by atoms with Crippen molar-refractivity contribution < 1.29 is 4.74 Å². The van der Waals surface area contributed by atoms with Crippen LogP contribution >= 0.6 is 11.3 Å². The van der Waals surface area contributed by atoms with Gasteiger partial charge in [-0.25, -0.2) is 4.98 Å². The van der Waals surface area contributed by atoms with Crippen molar-refractivity contribution >= 4 is 16.5 Å². The summed E-state index contributed by atoms with van der Waals surface area (Å²) in [5, 5.41) is 2.62. The molecule has 0 unspecified atom stereocenters. The molecule has 3 nitrogen and oxygen atoms in total. The average molecular weight is 248 g/mol. The lowest BCUT2D eigenvalue weighted by Crippen LogP contribution is -2.19. The van der Waals surface area contributed by atoms with E-state index in [1.807, 2.05) is 23.6 Å². The first kappa shape index (κ1) is 11.9. The smallest absolute Gasteiger partial charge is 0.180 e. The zero-order chi connectivity index (χ0) is 12.5. The highest BCUT2D eigenvalue weighted by atomic mass is 32.1. The Balaban J connectivity index is 2.43. The fourth-order valence-electron chi connectivity index (χ4n) is 1.73. The normalized spacial score (nSPS) is 11.5. The van der Waals surface area contributed by atoms with Crippen LogP contribution < -0.4 is 10.5 Å². The Hall–Kier alpha value is -1.55. The van der Waals surface area contributed by atoms with Crippen molar-refractivity contribution in [3.8, 4) is 5.75 Å². The van der Waals surface area contributed by atoms with Crippen LogP contribution in [0.4, 0.5) is 5.13 Å². The third kappa shape index (κ3) is 2.26. The predicted octanol–water partition coefficient (Wildman–Crippen LogP) is 3.06. The molecule has 0 radical (unpaired) electrons. The number of ether oxygens (including phenoxy) is 1. The van der Waals surface area contributed by atoms with Crippen molar-refractivity contribution in [3.05, 3.63) is 40.9 Å². The molecule has 90 valence electrons. The molecule has 1 aromatic heterocycles. The second kappa shape index (κ2) is 4.37. The largest absolute Gasteiger partial charge is 0.497 e. The third-order valence-corrected chi connectivity index (χ3v) is 3.63. The van der Waals surface area contributed by atoms with Crippen LogP contribution in [0.2, 0.25) is 0 Å². The summed E-state index contributed by atoms with van der Waals surface area (Å²) in [6.07, 6.45) is 0. The lowest BCUT2D eigenvalue weighted by atomic mass is 9.82. The molecule has 0 fully saturated rings. The van der Waals surface area contributed by atoms with Gasteiger partial charge in [0.1, 0.15) is 5.75 Å². The van der Waals surface area contributed by atoms with Gasteiger partial charge in [0.25, 0.3) is 0 Å². The molecule has 1 heterocycles. The molecule has 0 aliphatic rings. The third-order valence-electron chi connectivity index (χ3n) is 2.95. The Labute approximate surface area is 105 Å². The van der Waals surface area contributed by atoms with E-state index in [1.165, 1.54) is 16.9 Å². The maximum atomic E-state index is 5.69. The number of nitrogens with two attached hydrogens (primary N) is 1. The number of thiazole rings is 1. The first-order chi connectivity index (χ1) is 8.04. The summed E-state index contributed by atoms with van der Waals surface area (Å²) >= 11 is 1.47. The second-order valence-corrected chi connectivity index (χ2v) is 5.32. The van der Waals surface area contributed by atoms with Crippen LogP contribution in [0.3, 0.4) is 0 Å². The van der Waals surface area contributed by atoms with E-state index >= 15 is 0 Å². The van der Waals surface area contributed by atoms with Gasteiger partial charge < -0.3 is 10.5 Å². The number of hydrogen-bond acceptors (Lipinski definition) is 4. The summed E-state index contributed by atoms with van der Waals surface area (Å²) in [6.45, 7) is 4.27. The van der Waals surface area contributed by atoms with E-state index in [4.69, 9.17) is 10.5 Å². The summed E-state index contributed by atoms with van der Waals surface area (Å²) < 4.78 is 5.25. The number of nitrogens with zero attached hydrogens (tertiary/aromatic N) is 1. The number of aromatic nitrogens is 1. The minimum Gasteiger partial charge on any atom is -0.497 e. The molecular formula is C13H16N2OS. The molecule has 0 aliphatic heterocycles. The van der Waals surface area contributed by atoms with Crippen LogP contribution in [0, 0.1) is 0 Å². The Morgan fingerprint density at radius 1 is 1.35 bits per heavy atom. The van der Waals surface area contributed by atoms with Crippen LogP contribution in [0.25, 0.3) is 0 Å². The van der Waals surface area contributed by atoms with Crippen molar-refractivity contribution in [3.63, 3.8) is 0 Å². The van der Waals surface area contributed by atoms with Gasteiger partial charge in [-0.05, 0) is 17.7 Å². The van der Waals surface area contributed by atoms with Gasteiger partial charge in [-0.3, -0.25) is 0 Å². The van der Waals surface area contributed by atoms with Crippen LogP contribution in [-0.2, 0) is 5.41 Å². The van der Waals surface area contributed by atoms with Gasteiger partial charge in [-0.15, -0.1) is 11.3 Å². The Morgan fingerprint density at radius 3 is 2.71 bits per heavy atom. The first-order valence-electron chi connectivity index (χ1n) is 5.40. The molecule has 0 aliphatic carbocycles. The quantitative estimate of drug-likeness (QED) is 0.908. The highest BCUT2D eigenvalue weighted by Crippen LogP contribution is 2.34. The fraction of sp³-hybridized carbons (Fsp3) is 0.308. The van der Waals surface area contributed by atoms with Gasteiger partial charge in [-0.1, -0.05) is 26.0 Å². The van der Waals surface area contributed by atoms with Crippen LogP contribution in [0.15, 0.2) is 29.6 Å². The molecule has 0 amide bonds. The molecule has 2 aromatic rings. The average Bonchev–Trinajstić information content (AvgIpc) is 2.76. The van der Waals surface area contributed by atoms with E-state index in [9.17, 15) is 0 Å². The molecular weight excluding hydrogens is 232 g/mol. The summed E-state index contributed by atoms with van der Waals surface area (Å²) in [4.78, 5) is 4.37. The van der Waals surface area contributed by atoms with Crippen molar-refractivity contribution in [2.24, 2.45) is 0 Å². The van der Waals surface area contributed by atoms with Gasteiger partial charge in [0.2, 0.25) is 0 Å². The zero-order valence-electron chi connectivity index (χ0n) is 10.2. The molecule has 0 saturated carbocycles. The van der Waals surface area contributed by atoms with E-state index in [1.54, 1.807) is 7.11 Å². The van der Waals surface area contributed by atoms with E-state index in [0.717, 1.165) is 11.4 Å². The molecule has 1 aromatic carbocycles. The molecule has 0 saturated heterocycles. The Morgan fingerprint density at radius 2 is 2.12 bits per heavy atom. The number of methoxy groups -OCH3 is 1. The number of nitrogen functional groups attached to an aromatic ring is 1. The van der Waals surface area contributed by atoms with Crippen molar-refractivity contribution in [2.45, 2.75) is 19.3 Å². The number of benzene rings is 1. The number of hydrogen-bond donors (Lipinski definition) is 1. The SMILES string of the molecule is COc1cccc(C(C)(C)c2csc(N)n2)c1. The fourth-order valence-corrected chi connectivity index (χ4v) is 2.47. The van der Waals surface area contributed by atoms with Crippen LogP contribution in [-0.4, -0.2) is 12.1 Å². The Kier molecular flexibility index (Phi) is 3.07. The summed E-state index contributed by atoms with van der Waals surface area (Å²) in [7, 11) is 1.67. The second-order valence-electron chi connectivity index (χ2n) is 4.43. The van der Waals surface area contributed by atoms with Gasteiger partial charge in [0.15, 0.2) is 5.13 Å². The maximum Gasteiger partial charge on any atom is 0.180 e. The van der Waals surface area contributed by atoms with Crippen molar-refractivity contribution in [1.82, 2.24) is 4.98 Å². The minimum absolute atomic E-state index is 0.164. The molecule has 0 atom stereocenters. The lowest BCUT2D eigenvalue weighted by Gasteiger charge is -2.23. The van der Waals surface area contributed by atoms with E-state index in [-0.39, 0.29) is 5.41 Å². The minimum atomic E-state index is -0.164. The van der Waals surface area contributed by atoms with Crippen LogP contribution in [0.1, 0.15) is 25.1 Å². The number of anilines is 1. The maximum absolute atomic E-state index is 5.69. The summed E-state index contributed by atoms with van der Waals surface area (Å²) in [5.41, 5.74) is 7.69. The Bertz CT molecular complexity index is 520. The first-order valence-corrected chi connectivity index (χ1v) is 6.28. The monoisotopic (exact) mass is 248 g/mol. The molecule has 0 bridgehead atoms. The van der Waals surface area contributed by atoms with E-state index < -0.39 is 0 Å². The van der Waals surface area contributed by atoms with Gasteiger partial charge >= 0.3 is 0 Å². The summed E-state index contributed by atoms with van der Waals surface area (Å²) in [5.74, 6) is 0.860. The molecule has 17 heavy (non-hydrogen) atoms. The van der Waals surface area contributed by atoms with E-state index in [0.29, 0.717) is 5.13 Å². The predicted molar refractivity (Wildman–Crippen MR) is 71.6 cm³/mol. The highest BCUT2D eigenvalue weighted by molar-refractivity contribution is 7.13. The summed E-state index contributed by atoms with van der Waals surface area (Å²) in [6, 6.07) is 8.05.